The lowest BCUT2D eigenvalue weighted by molar-refractivity contribution is -0.0353. The molecular weight excluding hydrogens is 432 g/mol. The van der Waals surface area contributed by atoms with Crippen LogP contribution in [0.15, 0.2) is 35.5 Å². The lowest BCUT2D eigenvalue weighted by Crippen LogP contribution is -2.37. The van der Waals surface area contributed by atoms with Crippen molar-refractivity contribution in [3.63, 3.8) is 0 Å². The van der Waals surface area contributed by atoms with E-state index in [1.54, 1.807) is 0 Å². The van der Waals surface area contributed by atoms with E-state index >= 15 is 0 Å². The van der Waals surface area contributed by atoms with Gasteiger partial charge in [0.1, 0.15) is 0 Å². The molecular formula is C29H45F2NO2. The summed E-state index contributed by atoms with van der Waals surface area (Å²) in [6.07, 6.45) is 12.1. The van der Waals surface area contributed by atoms with E-state index in [4.69, 9.17) is 0 Å². The summed E-state index contributed by atoms with van der Waals surface area (Å²) in [6.45, 7) is 12.1. The van der Waals surface area contributed by atoms with E-state index in [0.29, 0.717) is 54.5 Å². The van der Waals surface area contributed by atoms with Gasteiger partial charge in [0, 0.05) is 12.5 Å². The van der Waals surface area contributed by atoms with Crippen LogP contribution in [0.25, 0.3) is 0 Å². The molecule has 0 spiro atoms. The predicted octanol–water partition coefficient (Wildman–Crippen LogP) is 6.13. The van der Waals surface area contributed by atoms with Crippen molar-refractivity contribution < 1.29 is 19.0 Å². The number of fused-ring (bicyclic) bond motifs is 1. The average Bonchev–Trinajstić information content (AvgIpc) is 3.38. The minimum absolute atomic E-state index is 0.311. The van der Waals surface area contributed by atoms with Crippen LogP contribution in [0, 0.1) is 29.1 Å². The van der Waals surface area contributed by atoms with Crippen molar-refractivity contribution >= 4 is 0 Å². The third kappa shape index (κ3) is 5.37. The van der Waals surface area contributed by atoms with Crippen molar-refractivity contribution in [2.75, 3.05) is 19.6 Å². The van der Waals surface area contributed by atoms with Crippen LogP contribution in [0.4, 0.5) is 8.78 Å². The first kappa shape index (κ1) is 26.0. The first-order valence-electron chi connectivity index (χ1n) is 13.5. The fourth-order valence-corrected chi connectivity index (χ4v) is 7.68. The maximum Gasteiger partial charge on any atom is 0.249 e. The highest BCUT2D eigenvalue weighted by atomic mass is 19.3. The molecule has 1 heterocycles. The molecule has 0 amide bonds. The summed E-state index contributed by atoms with van der Waals surface area (Å²) in [5.41, 5.74) is 3.50. The summed E-state index contributed by atoms with van der Waals surface area (Å²) in [4.78, 5) is 2.26. The zero-order chi connectivity index (χ0) is 24.7. The molecule has 192 valence electrons. The van der Waals surface area contributed by atoms with Crippen molar-refractivity contribution in [1.29, 1.82) is 0 Å². The van der Waals surface area contributed by atoms with Gasteiger partial charge in [-0.05, 0) is 107 Å². The molecule has 0 aromatic heterocycles. The highest BCUT2D eigenvalue weighted by molar-refractivity contribution is 5.29. The average molecular weight is 478 g/mol. The van der Waals surface area contributed by atoms with Crippen LogP contribution in [0.3, 0.4) is 0 Å². The summed E-state index contributed by atoms with van der Waals surface area (Å²) in [5, 5.41) is 20.3. The number of aliphatic hydroxyl groups is 2. The van der Waals surface area contributed by atoms with Gasteiger partial charge >= 0.3 is 0 Å². The standard InChI is InChI=1S/C29H45F2NO2/c1-19(11-14-32-15-12-23(18-32)29(4,30)31)24-9-10-25-22(6-5-13-28(24,25)3)8-7-21-16-26(33)20(2)27(34)17-21/h7-8,19,23-27,33-34H,2,5-6,9-18H2,1,3-4H3/b22-8+/t19?,23-,24+,25-,26+,27+,28+/m0/s1. The number of rotatable bonds is 6. The zero-order valence-corrected chi connectivity index (χ0v) is 21.4. The van der Waals surface area contributed by atoms with Crippen molar-refractivity contribution in [3.05, 3.63) is 35.5 Å². The van der Waals surface area contributed by atoms with Crippen LogP contribution in [-0.4, -0.2) is 52.9 Å². The SMILES string of the molecule is C=C1[C@H](O)CC(=C/C=C2\CCC[C@]3(C)[C@@H](C(C)CCN4CC[C@H](C(C)(F)F)C4)CC[C@@H]23)C[C@H]1O. The third-order valence-corrected chi connectivity index (χ3v) is 9.91. The lowest BCUT2D eigenvalue weighted by atomic mass is 9.61. The van der Waals surface area contributed by atoms with Crippen molar-refractivity contribution in [2.45, 2.75) is 96.7 Å². The maximum absolute atomic E-state index is 13.7. The van der Waals surface area contributed by atoms with Crippen LogP contribution in [0.1, 0.15) is 78.6 Å². The molecule has 4 fully saturated rings. The highest BCUT2D eigenvalue weighted by Crippen LogP contribution is 2.59. The second-order valence-corrected chi connectivity index (χ2v) is 12.2. The fourth-order valence-electron chi connectivity index (χ4n) is 7.68. The monoisotopic (exact) mass is 477 g/mol. The molecule has 1 unspecified atom stereocenters. The van der Waals surface area contributed by atoms with E-state index in [2.05, 4.69) is 37.5 Å². The van der Waals surface area contributed by atoms with Gasteiger partial charge in [-0.1, -0.05) is 43.7 Å². The van der Waals surface area contributed by atoms with Gasteiger partial charge in [0.15, 0.2) is 0 Å². The number of aliphatic hydroxyl groups excluding tert-OH is 2. The number of hydrogen-bond acceptors (Lipinski definition) is 3. The Hall–Kier alpha value is -1.04. The van der Waals surface area contributed by atoms with Crippen LogP contribution in [-0.2, 0) is 0 Å². The van der Waals surface area contributed by atoms with Crippen molar-refractivity contribution in [1.82, 2.24) is 4.90 Å². The molecule has 1 aliphatic heterocycles. The summed E-state index contributed by atoms with van der Waals surface area (Å²) < 4.78 is 27.4. The molecule has 3 saturated carbocycles. The highest BCUT2D eigenvalue weighted by Gasteiger charge is 2.50. The molecule has 4 rings (SSSR count). The summed E-state index contributed by atoms with van der Waals surface area (Å²) >= 11 is 0. The number of allylic oxidation sites excluding steroid dienone is 3. The van der Waals surface area contributed by atoms with Crippen LogP contribution in [0.5, 0.6) is 0 Å². The van der Waals surface area contributed by atoms with Crippen LogP contribution >= 0.6 is 0 Å². The smallest absolute Gasteiger partial charge is 0.249 e. The number of likely N-dealkylation sites (tertiary alicyclic amines) is 1. The van der Waals surface area contributed by atoms with Crippen LogP contribution in [0.2, 0.25) is 0 Å². The minimum Gasteiger partial charge on any atom is -0.388 e. The van der Waals surface area contributed by atoms with Gasteiger partial charge in [-0.2, -0.15) is 0 Å². The quantitative estimate of drug-likeness (QED) is 0.452. The van der Waals surface area contributed by atoms with Crippen molar-refractivity contribution in [2.24, 2.45) is 29.1 Å². The zero-order valence-electron chi connectivity index (χ0n) is 21.4. The summed E-state index contributed by atoms with van der Waals surface area (Å²) in [6, 6.07) is 0. The Bertz CT molecular complexity index is 799. The first-order chi connectivity index (χ1) is 16.0. The number of alkyl halides is 2. The van der Waals surface area contributed by atoms with Crippen molar-refractivity contribution in [3.8, 4) is 0 Å². The summed E-state index contributed by atoms with van der Waals surface area (Å²) in [7, 11) is 0. The molecule has 0 radical (unpaired) electrons. The van der Waals surface area contributed by atoms with Gasteiger partial charge in [0.2, 0.25) is 5.92 Å². The Morgan fingerprint density at radius 2 is 1.88 bits per heavy atom. The molecule has 4 aliphatic rings. The topological polar surface area (TPSA) is 43.7 Å². The molecule has 0 aromatic carbocycles. The minimum atomic E-state index is -2.56. The molecule has 0 bridgehead atoms. The second-order valence-electron chi connectivity index (χ2n) is 12.2. The Labute approximate surface area is 205 Å². The number of hydrogen-bond donors (Lipinski definition) is 2. The molecule has 0 aromatic rings. The van der Waals surface area contributed by atoms with E-state index in [1.807, 2.05) is 0 Å². The van der Waals surface area contributed by atoms with E-state index in [9.17, 15) is 19.0 Å². The number of halogens is 2. The van der Waals surface area contributed by atoms with E-state index in [1.165, 1.54) is 31.3 Å². The van der Waals surface area contributed by atoms with E-state index in [-0.39, 0.29) is 0 Å². The lowest BCUT2D eigenvalue weighted by Gasteiger charge is -2.44. The summed E-state index contributed by atoms with van der Waals surface area (Å²) in [5.74, 6) is -1.16. The molecule has 3 nitrogen and oxygen atoms in total. The van der Waals surface area contributed by atoms with Gasteiger partial charge in [-0.15, -0.1) is 0 Å². The van der Waals surface area contributed by atoms with Gasteiger partial charge in [-0.3, -0.25) is 0 Å². The maximum atomic E-state index is 13.7. The molecule has 34 heavy (non-hydrogen) atoms. The Morgan fingerprint density at radius 1 is 1.18 bits per heavy atom. The van der Waals surface area contributed by atoms with Gasteiger partial charge in [0.05, 0.1) is 12.2 Å². The molecule has 1 saturated heterocycles. The van der Waals surface area contributed by atoms with Crippen LogP contribution < -0.4 is 0 Å². The van der Waals surface area contributed by atoms with E-state index < -0.39 is 24.0 Å². The molecule has 3 aliphatic carbocycles. The third-order valence-electron chi connectivity index (χ3n) is 9.91. The predicted molar refractivity (Wildman–Crippen MR) is 134 cm³/mol. The molecule has 2 N–H and O–H groups in total. The fraction of sp³-hybridized carbons (Fsp3) is 0.793. The van der Waals surface area contributed by atoms with Gasteiger partial charge < -0.3 is 15.1 Å². The Morgan fingerprint density at radius 3 is 2.53 bits per heavy atom. The largest absolute Gasteiger partial charge is 0.388 e. The normalized spacial score (nSPS) is 39.5. The molecule has 7 atom stereocenters. The molecule has 5 heteroatoms. The van der Waals surface area contributed by atoms with Gasteiger partial charge in [0.25, 0.3) is 0 Å². The first-order valence-corrected chi connectivity index (χ1v) is 13.5. The second kappa shape index (κ2) is 10.1. The number of nitrogens with zero attached hydrogens (tertiary/aromatic N) is 1. The Kier molecular flexibility index (Phi) is 7.77. The van der Waals surface area contributed by atoms with E-state index in [0.717, 1.165) is 38.4 Å². The Balaban J connectivity index is 1.37. The van der Waals surface area contributed by atoms with Gasteiger partial charge in [-0.25, -0.2) is 8.78 Å².